The molecule has 17 heavy (non-hydrogen) atoms. The molecule has 1 amide bonds. The molecule has 0 aliphatic heterocycles. The molecule has 0 fully saturated rings. The highest BCUT2D eigenvalue weighted by atomic mass is 127. The van der Waals surface area contributed by atoms with E-state index in [1.54, 1.807) is 0 Å². The molecule has 0 aromatic heterocycles. The summed E-state index contributed by atoms with van der Waals surface area (Å²) in [5.74, 6) is -0.0947. The van der Waals surface area contributed by atoms with E-state index >= 15 is 0 Å². The van der Waals surface area contributed by atoms with E-state index in [-0.39, 0.29) is 5.91 Å². The van der Waals surface area contributed by atoms with Gasteiger partial charge in [0.05, 0.1) is 6.04 Å². The van der Waals surface area contributed by atoms with E-state index in [4.69, 9.17) is 5.73 Å². The average molecular weight is 346 g/mol. The number of aryl methyl sites for hydroxylation is 1. The zero-order chi connectivity index (χ0) is 12.8. The smallest absolute Gasteiger partial charge is 0.241 e. The van der Waals surface area contributed by atoms with Gasteiger partial charge in [-0.05, 0) is 59.7 Å². The fourth-order valence-corrected chi connectivity index (χ4v) is 2.19. The Bertz CT molecular complexity index is 393. The van der Waals surface area contributed by atoms with E-state index in [9.17, 15) is 4.79 Å². The Balaban J connectivity index is 2.61. The third-order valence-electron chi connectivity index (χ3n) is 2.65. The van der Waals surface area contributed by atoms with Crippen LogP contribution in [-0.2, 0) is 4.79 Å². The Hall–Kier alpha value is -0.620. The van der Waals surface area contributed by atoms with Crippen molar-refractivity contribution in [3.8, 4) is 0 Å². The molecule has 0 saturated heterocycles. The van der Waals surface area contributed by atoms with Gasteiger partial charge in [0.15, 0.2) is 0 Å². The van der Waals surface area contributed by atoms with Crippen LogP contribution in [0, 0.1) is 10.5 Å². The molecule has 1 aromatic carbocycles. The van der Waals surface area contributed by atoms with Crippen molar-refractivity contribution in [1.29, 1.82) is 0 Å². The molecule has 1 aromatic rings. The number of halogens is 1. The number of carbonyl (C=O) groups excluding carboxylic acids is 1. The molecular formula is C13H19IN2O. The molecule has 0 saturated carbocycles. The minimum absolute atomic E-state index is 0.0947. The lowest BCUT2D eigenvalue weighted by molar-refractivity contribution is -0.117. The maximum atomic E-state index is 11.8. The number of carbonyl (C=O) groups is 1. The van der Waals surface area contributed by atoms with Crippen molar-refractivity contribution in [1.82, 2.24) is 0 Å². The number of hydrogen-bond acceptors (Lipinski definition) is 2. The largest absolute Gasteiger partial charge is 0.324 e. The predicted molar refractivity (Wildman–Crippen MR) is 80.0 cm³/mol. The zero-order valence-corrected chi connectivity index (χ0v) is 12.5. The quantitative estimate of drug-likeness (QED) is 0.806. The first-order chi connectivity index (χ1) is 8.04. The number of anilines is 1. The molecule has 0 aliphatic rings. The third-order valence-corrected chi connectivity index (χ3v) is 3.32. The summed E-state index contributed by atoms with van der Waals surface area (Å²) in [6, 6.07) is 5.52. The zero-order valence-electron chi connectivity index (χ0n) is 10.3. The molecule has 0 bridgehead atoms. The maximum absolute atomic E-state index is 11.8. The number of nitrogens with one attached hydrogen (secondary N) is 1. The molecule has 4 heteroatoms. The number of unbranched alkanes of at least 4 members (excludes halogenated alkanes) is 1. The normalized spacial score (nSPS) is 12.2. The summed E-state index contributed by atoms with van der Waals surface area (Å²) >= 11 is 2.25. The van der Waals surface area contributed by atoms with Crippen molar-refractivity contribution in [2.75, 3.05) is 5.32 Å². The first-order valence-electron chi connectivity index (χ1n) is 5.87. The van der Waals surface area contributed by atoms with Gasteiger partial charge in [0, 0.05) is 9.26 Å². The number of benzene rings is 1. The second-order valence-corrected chi connectivity index (χ2v) is 5.44. The summed E-state index contributed by atoms with van der Waals surface area (Å²) in [4.78, 5) is 11.8. The number of nitrogens with two attached hydrogens (primary N) is 1. The van der Waals surface area contributed by atoms with Crippen molar-refractivity contribution in [3.63, 3.8) is 0 Å². The Morgan fingerprint density at radius 2 is 2.24 bits per heavy atom. The molecule has 94 valence electrons. The summed E-state index contributed by atoms with van der Waals surface area (Å²) < 4.78 is 1.16. The second-order valence-electron chi connectivity index (χ2n) is 4.20. The van der Waals surface area contributed by atoms with Crippen LogP contribution in [0.4, 0.5) is 5.69 Å². The van der Waals surface area contributed by atoms with Crippen molar-refractivity contribution >= 4 is 34.2 Å². The molecule has 0 spiro atoms. The lowest BCUT2D eigenvalue weighted by atomic mass is 10.1. The molecule has 1 rings (SSSR count). The summed E-state index contributed by atoms with van der Waals surface area (Å²) in [6.45, 7) is 4.07. The van der Waals surface area contributed by atoms with Crippen LogP contribution < -0.4 is 11.1 Å². The summed E-state index contributed by atoms with van der Waals surface area (Å²) in [7, 11) is 0. The highest BCUT2D eigenvalue weighted by Crippen LogP contribution is 2.18. The molecule has 0 unspecified atom stereocenters. The molecule has 3 N–H and O–H groups in total. The van der Waals surface area contributed by atoms with Gasteiger partial charge in [-0.1, -0.05) is 19.8 Å². The van der Waals surface area contributed by atoms with E-state index in [1.165, 1.54) is 0 Å². The second kappa shape index (κ2) is 6.96. The van der Waals surface area contributed by atoms with Gasteiger partial charge >= 0.3 is 0 Å². The van der Waals surface area contributed by atoms with Crippen molar-refractivity contribution in [3.05, 3.63) is 27.3 Å². The highest BCUT2D eigenvalue weighted by molar-refractivity contribution is 14.1. The van der Waals surface area contributed by atoms with Crippen LogP contribution in [0.25, 0.3) is 0 Å². The van der Waals surface area contributed by atoms with Crippen LogP contribution in [0.3, 0.4) is 0 Å². The van der Waals surface area contributed by atoms with Crippen molar-refractivity contribution in [2.45, 2.75) is 39.2 Å². The molecule has 0 radical (unpaired) electrons. The standard InChI is InChI=1S/C13H19IN2O/c1-3-4-5-11(15)13(17)16-12-7-6-10(14)8-9(12)2/h6-8,11H,3-5,15H2,1-2H3,(H,16,17)/t11-/m0/s1. The molecule has 0 heterocycles. The minimum Gasteiger partial charge on any atom is -0.324 e. The molecule has 3 nitrogen and oxygen atoms in total. The van der Waals surface area contributed by atoms with E-state index < -0.39 is 6.04 Å². The Morgan fingerprint density at radius 1 is 1.53 bits per heavy atom. The summed E-state index contributed by atoms with van der Waals surface area (Å²) in [5.41, 5.74) is 7.73. The Morgan fingerprint density at radius 3 is 2.82 bits per heavy atom. The van der Waals surface area contributed by atoms with E-state index in [1.807, 2.05) is 25.1 Å². The maximum Gasteiger partial charge on any atom is 0.241 e. The van der Waals surface area contributed by atoms with Crippen LogP contribution in [0.5, 0.6) is 0 Å². The van der Waals surface area contributed by atoms with Crippen LogP contribution in [0.15, 0.2) is 18.2 Å². The first-order valence-corrected chi connectivity index (χ1v) is 6.95. The fourth-order valence-electron chi connectivity index (χ4n) is 1.55. The van der Waals surface area contributed by atoms with Crippen LogP contribution in [0.2, 0.25) is 0 Å². The fraction of sp³-hybridized carbons (Fsp3) is 0.462. The van der Waals surface area contributed by atoms with Gasteiger partial charge < -0.3 is 11.1 Å². The number of hydrogen-bond donors (Lipinski definition) is 2. The number of rotatable bonds is 5. The molecule has 0 aliphatic carbocycles. The SMILES string of the molecule is CCCC[C@H](N)C(=O)Nc1ccc(I)cc1C. The van der Waals surface area contributed by atoms with Gasteiger partial charge in [-0.2, -0.15) is 0 Å². The lowest BCUT2D eigenvalue weighted by Gasteiger charge is -2.13. The monoisotopic (exact) mass is 346 g/mol. The summed E-state index contributed by atoms with van der Waals surface area (Å²) in [6.07, 6.45) is 2.79. The van der Waals surface area contributed by atoms with E-state index in [2.05, 4.69) is 34.8 Å². The highest BCUT2D eigenvalue weighted by Gasteiger charge is 2.13. The van der Waals surface area contributed by atoms with Crippen molar-refractivity contribution in [2.24, 2.45) is 5.73 Å². The van der Waals surface area contributed by atoms with Gasteiger partial charge in [0.2, 0.25) is 5.91 Å². The van der Waals surface area contributed by atoms with Crippen LogP contribution in [0.1, 0.15) is 31.7 Å². The van der Waals surface area contributed by atoms with E-state index in [0.29, 0.717) is 0 Å². The minimum atomic E-state index is -0.409. The number of amides is 1. The summed E-state index contributed by atoms with van der Waals surface area (Å²) in [5, 5.41) is 2.88. The van der Waals surface area contributed by atoms with Gasteiger partial charge in [0.1, 0.15) is 0 Å². The van der Waals surface area contributed by atoms with Crippen LogP contribution >= 0.6 is 22.6 Å². The Kier molecular flexibility index (Phi) is 5.91. The van der Waals surface area contributed by atoms with Gasteiger partial charge in [-0.3, -0.25) is 4.79 Å². The van der Waals surface area contributed by atoms with E-state index in [0.717, 1.165) is 34.1 Å². The topological polar surface area (TPSA) is 55.1 Å². The van der Waals surface area contributed by atoms with Gasteiger partial charge in [-0.25, -0.2) is 0 Å². The first kappa shape index (κ1) is 14.4. The Labute approximate surface area is 116 Å². The predicted octanol–water partition coefficient (Wildman–Crippen LogP) is 3.06. The van der Waals surface area contributed by atoms with Crippen molar-refractivity contribution < 1.29 is 4.79 Å². The average Bonchev–Trinajstić information content (AvgIpc) is 2.29. The van der Waals surface area contributed by atoms with Gasteiger partial charge in [0.25, 0.3) is 0 Å². The lowest BCUT2D eigenvalue weighted by Crippen LogP contribution is -2.35. The molecular weight excluding hydrogens is 327 g/mol. The third kappa shape index (κ3) is 4.63. The molecule has 1 atom stereocenters. The van der Waals surface area contributed by atoms with Crippen LogP contribution in [-0.4, -0.2) is 11.9 Å². The van der Waals surface area contributed by atoms with Gasteiger partial charge in [-0.15, -0.1) is 0 Å².